The van der Waals surface area contributed by atoms with Crippen LogP contribution < -0.4 is 11.1 Å². The second kappa shape index (κ2) is 5.69. The van der Waals surface area contributed by atoms with Gasteiger partial charge in [-0.25, -0.2) is 0 Å². The Hall–Kier alpha value is -0.980. The quantitative estimate of drug-likeness (QED) is 0.378. The van der Waals surface area contributed by atoms with E-state index >= 15 is 0 Å². The Morgan fingerprint density at radius 2 is 2.00 bits per heavy atom. The lowest BCUT2D eigenvalue weighted by Crippen LogP contribution is -2.56. The molecule has 0 spiro atoms. The summed E-state index contributed by atoms with van der Waals surface area (Å²) in [6, 6.07) is -2.06. The summed E-state index contributed by atoms with van der Waals surface area (Å²) in [5.41, 5.74) is 5.25. The molecule has 82 valence electrons. The predicted molar refractivity (Wildman–Crippen MR) is 49.3 cm³/mol. The first-order chi connectivity index (χ1) is 6.40. The minimum absolute atomic E-state index is 0.363. The van der Waals surface area contributed by atoms with Crippen LogP contribution in [0.5, 0.6) is 0 Å². The Morgan fingerprint density at radius 1 is 1.50 bits per heavy atom. The van der Waals surface area contributed by atoms with Crippen molar-refractivity contribution in [2.45, 2.75) is 38.1 Å². The molecule has 0 radical (unpaired) electrons. The molecule has 0 saturated heterocycles. The number of carbonyl (C=O) groups is 2. The van der Waals surface area contributed by atoms with Gasteiger partial charge in [0.1, 0.15) is 6.29 Å². The Morgan fingerprint density at radius 3 is 2.29 bits per heavy atom. The zero-order chi connectivity index (χ0) is 11.3. The van der Waals surface area contributed by atoms with Gasteiger partial charge < -0.3 is 26.1 Å². The lowest BCUT2D eigenvalue weighted by atomic mass is 10.0. The third-order valence-electron chi connectivity index (χ3n) is 1.81. The van der Waals surface area contributed by atoms with Crippen molar-refractivity contribution in [3.05, 3.63) is 0 Å². The fourth-order valence-corrected chi connectivity index (χ4v) is 1.05. The smallest absolute Gasteiger partial charge is 0.217 e. The molecule has 5 N–H and O–H groups in total. The van der Waals surface area contributed by atoms with Gasteiger partial charge in [-0.05, 0) is 6.92 Å². The molecule has 0 aromatic rings. The molecule has 0 bridgehead atoms. The Bertz CT molecular complexity index is 208. The second-order valence-electron chi connectivity index (χ2n) is 3.17. The highest BCUT2D eigenvalue weighted by Crippen LogP contribution is 2.02. The highest BCUT2D eigenvalue weighted by molar-refractivity contribution is 5.73. The predicted octanol–water partition coefficient (Wildman–Crippen LogP) is -2.24. The van der Waals surface area contributed by atoms with E-state index in [4.69, 9.17) is 5.73 Å². The van der Waals surface area contributed by atoms with E-state index in [-0.39, 0.29) is 0 Å². The van der Waals surface area contributed by atoms with E-state index in [2.05, 4.69) is 5.32 Å². The third-order valence-corrected chi connectivity index (χ3v) is 1.81. The maximum Gasteiger partial charge on any atom is 0.217 e. The van der Waals surface area contributed by atoms with Gasteiger partial charge in [-0.15, -0.1) is 0 Å². The number of hydrogen-bond donors (Lipinski definition) is 4. The van der Waals surface area contributed by atoms with Gasteiger partial charge in [-0.2, -0.15) is 0 Å². The lowest BCUT2D eigenvalue weighted by molar-refractivity contribution is -0.123. The van der Waals surface area contributed by atoms with Gasteiger partial charge in [-0.1, -0.05) is 0 Å². The maximum absolute atomic E-state index is 10.7. The lowest BCUT2D eigenvalue weighted by Gasteiger charge is -2.27. The molecule has 0 fully saturated rings. The molecular weight excluding hydrogens is 188 g/mol. The van der Waals surface area contributed by atoms with Crippen molar-refractivity contribution < 1.29 is 19.8 Å². The summed E-state index contributed by atoms with van der Waals surface area (Å²) >= 11 is 0. The van der Waals surface area contributed by atoms with Gasteiger partial charge in [0.15, 0.2) is 0 Å². The molecule has 0 rings (SSSR count). The molecule has 0 unspecified atom stereocenters. The molecule has 0 aliphatic heterocycles. The van der Waals surface area contributed by atoms with E-state index in [1.807, 2.05) is 0 Å². The average molecular weight is 204 g/mol. The summed E-state index contributed by atoms with van der Waals surface area (Å²) in [6.45, 7) is 2.63. The number of aldehydes is 1. The third kappa shape index (κ3) is 3.82. The number of amides is 1. The molecule has 0 aromatic carbocycles. The maximum atomic E-state index is 10.7. The van der Waals surface area contributed by atoms with Crippen LogP contribution >= 0.6 is 0 Å². The Balaban J connectivity index is 4.47. The molecule has 1 amide bonds. The SMILES string of the molecule is CC(=O)N[C@H]([C@H](O)[C@@H](N)C=O)[C@@H](C)O. The average Bonchev–Trinajstić information content (AvgIpc) is 2.11. The number of rotatable bonds is 5. The summed E-state index contributed by atoms with van der Waals surface area (Å²) in [7, 11) is 0. The van der Waals surface area contributed by atoms with E-state index in [1.165, 1.54) is 13.8 Å². The highest BCUT2D eigenvalue weighted by Gasteiger charge is 2.29. The number of nitrogens with one attached hydrogen (secondary N) is 1. The zero-order valence-electron chi connectivity index (χ0n) is 8.18. The van der Waals surface area contributed by atoms with Crippen molar-refractivity contribution in [1.29, 1.82) is 0 Å². The molecule has 6 heteroatoms. The number of aliphatic hydroxyl groups is 2. The number of carbonyl (C=O) groups excluding carboxylic acids is 2. The van der Waals surface area contributed by atoms with E-state index in [1.54, 1.807) is 0 Å². The van der Waals surface area contributed by atoms with Gasteiger partial charge >= 0.3 is 0 Å². The Labute approximate surface area is 82.1 Å². The van der Waals surface area contributed by atoms with Crippen molar-refractivity contribution in [3.8, 4) is 0 Å². The first-order valence-electron chi connectivity index (χ1n) is 4.24. The molecule has 4 atom stereocenters. The second-order valence-corrected chi connectivity index (χ2v) is 3.17. The minimum atomic E-state index is -1.30. The van der Waals surface area contributed by atoms with Crippen LogP contribution in [0.1, 0.15) is 13.8 Å². The monoisotopic (exact) mass is 204 g/mol. The van der Waals surface area contributed by atoms with Crippen molar-refractivity contribution >= 4 is 12.2 Å². The van der Waals surface area contributed by atoms with Crippen molar-refractivity contribution in [2.75, 3.05) is 0 Å². The molecule has 14 heavy (non-hydrogen) atoms. The molecule has 6 nitrogen and oxygen atoms in total. The van der Waals surface area contributed by atoms with Crippen molar-refractivity contribution in [1.82, 2.24) is 5.32 Å². The Kier molecular flexibility index (Phi) is 5.29. The summed E-state index contributed by atoms with van der Waals surface area (Å²) in [5, 5.41) is 21.0. The number of aliphatic hydroxyl groups excluding tert-OH is 2. The first kappa shape index (κ1) is 13.0. The summed E-state index contributed by atoms with van der Waals surface area (Å²) in [4.78, 5) is 21.0. The molecule has 0 aromatic heterocycles. The zero-order valence-corrected chi connectivity index (χ0v) is 8.18. The van der Waals surface area contributed by atoms with Crippen LogP contribution in [0.25, 0.3) is 0 Å². The van der Waals surface area contributed by atoms with Gasteiger partial charge in [0, 0.05) is 6.92 Å². The van der Waals surface area contributed by atoms with Gasteiger partial charge in [0.05, 0.1) is 24.3 Å². The molecule has 0 aliphatic carbocycles. The number of hydrogen-bond acceptors (Lipinski definition) is 5. The first-order valence-corrected chi connectivity index (χ1v) is 4.24. The van der Waals surface area contributed by atoms with E-state index in [9.17, 15) is 19.8 Å². The fraction of sp³-hybridized carbons (Fsp3) is 0.750. The largest absolute Gasteiger partial charge is 0.391 e. The minimum Gasteiger partial charge on any atom is -0.391 e. The van der Waals surface area contributed by atoms with Crippen LogP contribution in [0.2, 0.25) is 0 Å². The highest BCUT2D eigenvalue weighted by atomic mass is 16.3. The van der Waals surface area contributed by atoms with E-state index in [0.29, 0.717) is 6.29 Å². The van der Waals surface area contributed by atoms with Gasteiger partial charge in [0.2, 0.25) is 5.91 Å². The molecule has 0 saturated carbocycles. The van der Waals surface area contributed by atoms with Gasteiger partial charge in [0.25, 0.3) is 0 Å². The van der Waals surface area contributed by atoms with Crippen LogP contribution in [0.3, 0.4) is 0 Å². The van der Waals surface area contributed by atoms with Crippen LogP contribution in [0, 0.1) is 0 Å². The van der Waals surface area contributed by atoms with Gasteiger partial charge in [-0.3, -0.25) is 4.79 Å². The van der Waals surface area contributed by atoms with Crippen LogP contribution in [-0.4, -0.2) is 46.7 Å². The normalized spacial score (nSPS) is 19.2. The van der Waals surface area contributed by atoms with Crippen molar-refractivity contribution in [3.63, 3.8) is 0 Å². The van der Waals surface area contributed by atoms with Crippen LogP contribution in [0.15, 0.2) is 0 Å². The molecule has 0 aliphatic rings. The number of nitrogens with two attached hydrogens (primary N) is 1. The van der Waals surface area contributed by atoms with Crippen LogP contribution in [-0.2, 0) is 9.59 Å². The topological polar surface area (TPSA) is 113 Å². The van der Waals surface area contributed by atoms with Crippen molar-refractivity contribution in [2.24, 2.45) is 5.73 Å². The van der Waals surface area contributed by atoms with Crippen LogP contribution in [0.4, 0.5) is 0 Å². The standard InChI is InChI=1S/C8H16N2O4/c1-4(12)7(10-5(2)13)8(14)6(9)3-11/h3-4,6-8,12,14H,9H2,1-2H3,(H,10,13)/t4-,6+,7+,8-/m1/s1. The molecule has 0 heterocycles. The summed E-state index contributed by atoms with van der Waals surface area (Å²) in [5.74, 6) is -0.409. The molecular formula is C8H16N2O4. The van der Waals surface area contributed by atoms with E-state index < -0.39 is 30.2 Å². The summed E-state index contributed by atoms with van der Waals surface area (Å²) in [6.07, 6.45) is -1.92. The van der Waals surface area contributed by atoms with E-state index in [0.717, 1.165) is 0 Å². The summed E-state index contributed by atoms with van der Waals surface area (Å²) < 4.78 is 0. The fourth-order valence-electron chi connectivity index (χ4n) is 1.05.